The van der Waals surface area contributed by atoms with Gasteiger partial charge in [0.15, 0.2) is 5.69 Å². The van der Waals surface area contributed by atoms with Crippen LogP contribution in [0.1, 0.15) is 16.1 Å². The molecule has 1 rings (SSSR count). The van der Waals surface area contributed by atoms with Gasteiger partial charge in [0.05, 0.1) is 0 Å². The molecule has 0 atom stereocenters. The number of carboxylic acids is 3. The molecule has 0 saturated heterocycles. The first kappa shape index (κ1) is 18.2. The summed E-state index contributed by atoms with van der Waals surface area (Å²) in [5, 5.41) is 23.3. The maximum absolute atomic E-state index is 10.4. The van der Waals surface area contributed by atoms with Crippen molar-refractivity contribution in [3.63, 3.8) is 0 Å². The maximum Gasteiger partial charge on any atom is 0.414 e. The minimum atomic E-state index is -1.82. The van der Waals surface area contributed by atoms with E-state index in [4.69, 9.17) is 24.9 Å². The molecular weight excluding hydrogens is 377 g/mol. The summed E-state index contributed by atoms with van der Waals surface area (Å²) in [5.74, 6) is -4.62. The summed E-state index contributed by atoms with van der Waals surface area (Å²) >= 11 is 0. The van der Waals surface area contributed by atoms with Gasteiger partial charge in [-0.2, -0.15) is 0 Å². The number of aryl methyl sites for hydroxylation is 1. The van der Waals surface area contributed by atoms with Crippen LogP contribution in [0.4, 0.5) is 0 Å². The van der Waals surface area contributed by atoms with E-state index in [0.717, 1.165) is 0 Å². The third-order valence-corrected chi connectivity index (χ3v) is 1.39. The van der Waals surface area contributed by atoms with Crippen LogP contribution in [0.2, 0.25) is 0 Å². The van der Waals surface area contributed by atoms with Gasteiger partial charge in [-0.05, 0) is 18.6 Å². The molecule has 0 aromatic carbocycles. The van der Waals surface area contributed by atoms with Crippen molar-refractivity contribution in [3.05, 3.63) is 29.6 Å². The van der Waals surface area contributed by atoms with Crippen molar-refractivity contribution in [1.29, 1.82) is 0 Å². The normalized spacial score (nSPS) is 8.06. The van der Waals surface area contributed by atoms with Crippen LogP contribution in [0, 0.1) is 45.5 Å². The SMILES string of the molecule is Cc1cccnc1C(=O)O.O=C(O)C(=O)O.[Tb]. The number of carboxylic acid groups (broad SMARTS) is 3. The number of aliphatic carboxylic acids is 2. The molecule has 0 bridgehead atoms. The molecule has 0 aliphatic carbocycles. The van der Waals surface area contributed by atoms with Gasteiger partial charge in [-0.1, -0.05) is 6.07 Å². The van der Waals surface area contributed by atoms with Gasteiger partial charge in [0, 0.05) is 44.8 Å². The standard InChI is InChI=1S/C7H7NO2.C2H2O4.Tb/c1-5-3-2-4-8-6(5)7(9)10;3-1(4)2(5)6;/h2-4H,1H3,(H,9,10);(H,3,4)(H,5,6);. The molecule has 1 radical (unpaired) electrons. The van der Waals surface area contributed by atoms with Crippen molar-refractivity contribution < 1.29 is 68.3 Å². The number of carbonyl (C=O) groups is 3. The van der Waals surface area contributed by atoms with Crippen molar-refractivity contribution in [2.75, 3.05) is 0 Å². The summed E-state index contributed by atoms with van der Waals surface area (Å²) < 4.78 is 0. The van der Waals surface area contributed by atoms with E-state index in [2.05, 4.69) is 4.98 Å². The fourth-order valence-corrected chi connectivity index (χ4v) is 0.710. The second kappa shape index (κ2) is 8.94. The fraction of sp³-hybridized carbons (Fsp3) is 0.111. The minimum Gasteiger partial charge on any atom is -0.477 e. The van der Waals surface area contributed by atoms with Gasteiger partial charge in [-0.25, -0.2) is 19.4 Å². The molecule has 1 aromatic rings. The summed E-state index contributed by atoms with van der Waals surface area (Å²) in [6.45, 7) is 1.72. The summed E-state index contributed by atoms with van der Waals surface area (Å²) in [6.07, 6.45) is 1.47. The minimum absolute atomic E-state index is 0. The van der Waals surface area contributed by atoms with Gasteiger partial charge in [-0.3, -0.25) is 0 Å². The molecule has 3 N–H and O–H groups in total. The first-order valence-corrected chi connectivity index (χ1v) is 3.97. The zero-order valence-electron chi connectivity index (χ0n) is 8.58. The van der Waals surface area contributed by atoms with E-state index in [1.165, 1.54) is 6.20 Å². The van der Waals surface area contributed by atoms with Crippen molar-refractivity contribution in [2.45, 2.75) is 6.92 Å². The molecule has 0 unspecified atom stereocenters. The van der Waals surface area contributed by atoms with Crippen LogP contribution in [0.25, 0.3) is 0 Å². The van der Waals surface area contributed by atoms with E-state index in [1.807, 2.05) is 0 Å². The Balaban J connectivity index is 0. The molecule has 1 heterocycles. The van der Waals surface area contributed by atoms with E-state index in [1.54, 1.807) is 19.1 Å². The van der Waals surface area contributed by atoms with Crippen LogP contribution in [0.5, 0.6) is 0 Å². The van der Waals surface area contributed by atoms with Gasteiger partial charge in [-0.15, -0.1) is 0 Å². The molecule has 1 aromatic heterocycles. The van der Waals surface area contributed by atoms with Crippen molar-refractivity contribution in [2.24, 2.45) is 0 Å². The second-order valence-corrected chi connectivity index (χ2v) is 2.58. The molecule has 8 heteroatoms. The number of pyridine rings is 1. The number of hydrogen-bond donors (Lipinski definition) is 3. The van der Waals surface area contributed by atoms with E-state index in [-0.39, 0.29) is 44.3 Å². The van der Waals surface area contributed by atoms with Gasteiger partial charge < -0.3 is 15.3 Å². The molecule has 0 saturated carbocycles. The summed E-state index contributed by atoms with van der Waals surface area (Å²) in [4.78, 5) is 32.2. The Morgan fingerprint density at radius 1 is 1.12 bits per heavy atom. The Kier molecular flexibility index (Phi) is 9.58. The summed E-state index contributed by atoms with van der Waals surface area (Å²) in [5.41, 5.74) is 0.817. The van der Waals surface area contributed by atoms with Crippen LogP contribution >= 0.6 is 0 Å². The molecule has 0 aliphatic heterocycles. The van der Waals surface area contributed by atoms with Crippen molar-refractivity contribution in [3.8, 4) is 0 Å². The third-order valence-electron chi connectivity index (χ3n) is 1.39. The van der Waals surface area contributed by atoms with Gasteiger partial charge >= 0.3 is 17.9 Å². The monoisotopic (exact) mass is 386 g/mol. The van der Waals surface area contributed by atoms with E-state index >= 15 is 0 Å². The van der Waals surface area contributed by atoms with E-state index < -0.39 is 17.9 Å². The predicted octanol–water partition coefficient (Wildman–Crippen LogP) is 0.244. The number of rotatable bonds is 1. The Morgan fingerprint density at radius 3 is 1.82 bits per heavy atom. The van der Waals surface area contributed by atoms with Gasteiger partial charge in [0.1, 0.15) is 0 Å². The van der Waals surface area contributed by atoms with Crippen LogP contribution in [0.15, 0.2) is 18.3 Å². The Hall–Kier alpha value is -1.15. The molecule has 0 spiro atoms. The number of hydrogen-bond acceptors (Lipinski definition) is 4. The molecule has 95 valence electrons. The average molecular weight is 386 g/mol. The average Bonchev–Trinajstić information content (AvgIpc) is 2.18. The molecule has 0 amide bonds. The summed E-state index contributed by atoms with van der Waals surface area (Å²) in [7, 11) is 0. The summed E-state index contributed by atoms with van der Waals surface area (Å²) in [6, 6.07) is 3.43. The first-order valence-electron chi connectivity index (χ1n) is 3.97. The fourth-order valence-electron chi connectivity index (χ4n) is 0.710. The van der Waals surface area contributed by atoms with Gasteiger partial charge in [0.25, 0.3) is 0 Å². The van der Waals surface area contributed by atoms with Crippen LogP contribution in [-0.2, 0) is 9.59 Å². The van der Waals surface area contributed by atoms with Crippen LogP contribution in [0.3, 0.4) is 0 Å². The molecule has 17 heavy (non-hydrogen) atoms. The van der Waals surface area contributed by atoms with Crippen LogP contribution < -0.4 is 0 Å². The Bertz CT molecular complexity index is 408. The van der Waals surface area contributed by atoms with Gasteiger partial charge in [0.2, 0.25) is 0 Å². The zero-order valence-corrected chi connectivity index (χ0v) is 10.7. The van der Waals surface area contributed by atoms with Crippen molar-refractivity contribution >= 4 is 17.9 Å². The second-order valence-electron chi connectivity index (χ2n) is 2.58. The zero-order chi connectivity index (χ0) is 12.7. The Morgan fingerprint density at radius 2 is 1.59 bits per heavy atom. The van der Waals surface area contributed by atoms with Crippen LogP contribution in [-0.4, -0.2) is 38.2 Å². The Labute approximate surface area is 127 Å². The number of nitrogens with zero attached hydrogens (tertiary/aromatic N) is 1. The van der Waals surface area contributed by atoms with Crippen molar-refractivity contribution in [1.82, 2.24) is 4.98 Å². The van der Waals surface area contributed by atoms with E-state index in [0.29, 0.717) is 5.56 Å². The smallest absolute Gasteiger partial charge is 0.414 e. The molecule has 0 fully saturated rings. The third kappa shape index (κ3) is 7.69. The number of aromatic nitrogens is 1. The molecule has 0 aliphatic rings. The first-order chi connectivity index (χ1) is 7.36. The molecular formula is C9H9NO6Tb. The number of aromatic carboxylic acids is 1. The largest absolute Gasteiger partial charge is 0.477 e. The maximum atomic E-state index is 10.4. The molecule has 7 nitrogen and oxygen atoms in total. The predicted molar refractivity (Wildman–Crippen MR) is 51.2 cm³/mol. The van der Waals surface area contributed by atoms with E-state index in [9.17, 15) is 4.79 Å². The quantitative estimate of drug-likeness (QED) is 0.591. The topological polar surface area (TPSA) is 125 Å².